The van der Waals surface area contributed by atoms with Gasteiger partial charge in [-0.25, -0.2) is 27.6 Å². The Kier molecular flexibility index (Phi) is 7.91. The van der Waals surface area contributed by atoms with Gasteiger partial charge in [-0.15, -0.1) is 0 Å². The Morgan fingerprint density at radius 1 is 0.953 bits per heavy atom. The fraction of sp³-hybridized carbons (Fsp3) is 0.107. The number of carbonyl (C=O) groups is 1. The van der Waals surface area contributed by atoms with Crippen LogP contribution in [0.1, 0.15) is 11.1 Å². The molecule has 0 unspecified atom stereocenters. The van der Waals surface area contributed by atoms with Crippen molar-refractivity contribution in [1.29, 1.82) is 0 Å². The number of amides is 2. The van der Waals surface area contributed by atoms with Gasteiger partial charge in [0, 0.05) is 6.07 Å². The number of hydrogen-bond donors (Lipinski definition) is 3. The Balaban J connectivity index is 1.31. The van der Waals surface area contributed by atoms with Crippen molar-refractivity contribution in [3.05, 3.63) is 102 Å². The van der Waals surface area contributed by atoms with Crippen LogP contribution in [-0.2, 0) is 22.7 Å². The summed E-state index contributed by atoms with van der Waals surface area (Å²) in [6.45, 7) is 0.326. The second kappa shape index (κ2) is 11.6. The second-order valence-corrected chi connectivity index (χ2v) is 11.0. The Morgan fingerprint density at radius 2 is 1.70 bits per heavy atom. The number of nitrogens with zero attached hydrogens (tertiary/aromatic N) is 3. The van der Waals surface area contributed by atoms with E-state index in [1.807, 2.05) is 35.6 Å². The van der Waals surface area contributed by atoms with Crippen LogP contribution >= 0.6 is 0 Å². The molecule has 0 aliphatic heterocycles. The molecule has 3 N–H and O–H groups in total. The monoisotopic (exact) mass is 614 g/mol. The summed E-state index contributed by atoms with van der Waals surface area (Å²) in [5, 5.41) is 4.34. The molecule has 0 aliphatic rings. The number of fused-ring (bicyclic) bond motifs is 1. The van der Waals surface area contributed by atoms with Gasteiger partial charge in [0.05, 0.1) is 41.3 Å². The van der Waals surface area contributed by atoms with Crippen LogP contribution in [0.3, 0.4) is 0 Å². The first-order valence-electron chi connectivity index (χ1n) is 12.4. The molecule has 10 nitrogen and oxygen atoms in total. The highest BCUT2D eigenvalue weighted by Crippen LogP contribution is 2.32. The third-order valence-electron chi connectivity index (χ3n) is 5.94. The molecule has 5 aromatic rings. The van der Waals surface area contributed by atoms with Gasteiger partial charge in [-0.05, 0) is 48.0 Å². The molecule has 3 aromatic carbocycles. The minimum Gasteiger partial charge on any atom is -0.456 e. The predicted molar refractivity (Wildman–Crippen MR) is 152 cm³/mol. The molecule has 0 aliphatic carbocycles. The molecule has 15 heteroatoms. The first kappa shape index (κ1) is 29.3. The number of urea groups is 1. The second-order valence-electron chi connectivity index (χ2n) is 9.28. The molecule has 43 heavy (non-hydrogen) atoms. The maximum atomic E-state index is 13.9. The van der Waals surface area contributed by atoms with Gasteiger partial charge in [-0.2, -0.15) is 13.2 Å². The number of benzene rings is 3. The molecule has 0 fully saturated rings. The Bertz CT molecular complexity index is 1900. The van der Waals surface area contributed by atoms with Gasteiger partial charge in [0.2, 0.25) is 16.0 Å². The summed E-state index contributed by atoms with van der Waals surface area (Å²) in [7, 11) is -3.61. The number of ether oxygens (including phenoxy) is 1. The standard InChI is InChI=1S/C28H22F4N6O4S/c1-43(40,41)37-26-34-22-11-8-19(14-24(22)38(26)16-17-5-3-2-4-6-17)42-20-9-12-25(33-15-20)36-27(39)35-23-13-18(28(30,31)32)7-10-21(23)29/h2-15H,16H2,1H3,(H,34,37)(H2,33,35,36,39). The van der Waals surface area contributed by atoms with Gasteiger partial charge in [0.25, 0.3) is 0 Å². The fourth-order valence-corrected chi connectivity index (χ4v) is 4.54. The number of nitrogens with one attached hydrogen (secondary N) is 3. The molecule has 2 heterocycles. The maximum absolute atomic E-state index is 13.9. The molecule has 5 rings (SSSR count). The van der Waals surface area contributed by atoms with E-state index >= 15 is 0 Å². The largest absolute Gasteiger partial charge is 0.456 e. The number of halogens is 4. The molecule has 0 atom stereocenters. The lowest BCUT2D eigenvalue weighted by atomic mass is 10.2. The Labute approximate surface area is 242 Å². The van der Waals surface area contributed by atoms with E-state index < -0.39 is 39.3 Å². The lowest BCUT2D eigenvalue weighted by Crippen LogP contribution is -2.21. The summed E-state index contributed by atoms with van der Waals surface area (Å²) >= 11 is 0. The van der Waals surface area contributed by atoms with E-state index in [4.69, 9.17) is 4.74 Å². The van der Waals surface area contributed by atoms with Crippen molar-refractivity contribution < 1.29 is 35.5 Å². The zero-order chi connectivity index (χ0) is 30.8. The predicted octanol–water partition coefficient (Wildman–Crippen LogP) is 6.45. The summed E-state index contributed by atoms with van der Waals surface area (Å²) in [5.41, 5.74) is 0.265. The van der Waals surface area contributed by atoms with Gasteiger partial charge in [0.1, 0.15) is 23.1 Å². The number of pyridine rings is 1. The Morgan fingerprint density at radius 3 is 2.37 bits per heavy atom. The fourth-order valence-electron chi connectivity index (χ4n) is 4.05. The zero-order valence-electron chi connectivity index (χ0n) is 22.2. The lowest BCUT2D eigenvalue weighted by Gasteiger charge is -2.12. The molecule has 0 saturated heterocycles. The van der Waals surface area contributed by atoms with Crippen LogP contribution in [0.25, 0.3) is 11.0 Å². The Hall–Kier alpha value is -5.18. The van der Waals surface area contributed by atoms with Gasteiger partial charge >= 0.3 is 12.2 Å². The number of aromatic nitrogens is 3. The summed E-state index contributed by atoms with van der Waals surface area (Å²) in [4.78, 5) is 20.7. The summed E-state index contributed by atoms with van der Waals surface area (Å²) < 4.78 is 86.7. The van der Waals surface area contributed by atoms with Crippen molar-refractivity contribution in [2.45, 2.75) is 12.7 Å². The molecule has 2 amide bonds. The van der Waals surface area contributed by atoms with Crippen LogP contribution < -0.4 is 20.1 Å². The van der Waals surface area contributed by atoms with E-state index in [0.717, 1.165) is 11.8 Å². The number of rotatable bonds is 8. The van der Waals surface area contributed by atoms with E-state index in [9.17, 15) is 30.8 Å². The smallest absolute Gasteiger partial charge is 0.416 e. The van der Waals surface area contributed by atoms with Crippen LogP contribution in [0, 0.1) is 5.82 Å². The first-order valence-corrected chi connectivity index (χ1v) is 14.3. The van der Waals surface area contributed by atoms with Crippen molar-refractivity contribution in [2.75, 3.05) is 21.6 Å². The molecule has 2 aromatic heterocycles. The molecular formula is C28H22F4N6O4S. The lowest BCUT2D eigenvalue weighted by molar-refractivity contribution is -0.137. The van der Waals surface area contributed by atoms with Gasteiger partial charge < -0.3 is 14.6 Å². The van der Waals surface area contributed by atoms with Crippen LogP contribution in [0.5, 0.6) is 11.5 Å². The van der Waals surface area contributed by atoms with Crippen molar-refractivity contribution in [2.24, 2.45) is 0 Å². The molecule has 222 valence electrons. The van der Waals surface area contributed by atoms with Crippen molar-refractivity contribution in [1.82, 2.24) is 14.5 Å². The first-order chi connectivity index (χ1) is 20.3. The number of sulfonamides is 1. The number of imidazole rings is 1. The third kappa shape index (κ3) is 7.37. The van der Waals surface area contributed by atoms with E-state index in [1.54, 1.807) is 22.8 Å². The van der Waals surface area contributed by atoms with E-state index in [0.29, 0.717) is 41.5 Å². The molecular weight excluding hydrogens is 592 g/mol. The number of anilines is 3. The highest BCUT2D eigenvalue weighted by molar-refractivity contribution is 7.92. The summed E-state index contributed by atoms with van der Waals surface area (Å²) in [6.07, 6.45) is -2.38. The summed E-state index contributed by atoms with van der Waals surface area (Å²) in [6, 6.07) is 17.9. The molecule has 0 spiro atoms. The summed E-state index contributed by atoms with van der Waals surface area (Å²) in [5.74, 6) is -0.226. The minimum absolute atomic E-state index is 0.0186. The quantitative estimate of drug-likeness (QED) is 0.173. The third-order valence-corrected chi connectivity index (χ3v) is 6.49. The number of hydrogen-bond acceptors (Lipinski definition) is 6. The normalized spacial score (nSPS) is 11.7. The number of alkyl halides is 3. The molecule has 0 saturated carbocycles. The van der Waals surface area contributed by atoms with Crippen molar-refractivity contribution in [3.63, 3.8) is 0 Å². The van der Waals surface area contributed by atoms with E-state index in [-0.39, 0.29) is 17.5 Å². The van der Waals surface area contributed by atoms with Crippen LogP contribution in [0.2, 0.25) is 0 Å². The molecule has 0 radical (unpaired) electrons. The number of carbonyl (C=O) groups excluding carboxylic acids is 1. The van der Waals surface area contributed by atoms with Crippen LogP contribution in [0.4, 0.5) is 39.8 Å². The van der Waals surface area contributed by atoms with Gasteiger partial charge in [-0.1, -0.05) is 30.3 Å². The topological polar surface area (TPSA) is 127 Å². The average molecular weight is 615 g/mol. The van der Waals surface area contributed by atoms with Gasteiger partial charge in [0.15, 0.2) is 0 Å². The van der Waals surface area contributed by atoms with E-state index in [2.05, 4.69) is 20.0 Å². The maximum Gasteiger partial charge on any atom is 0.416 e. The molecule has 0 bridgehead atoms. The van der Waals surface area contributed by atoms with Gasteiger partial charge in [-0.3, -0.25) is 10.0 Å². The van der Waals surface area contributed by atoms with Crippen molar-refractivity contribution >= 4 is 44.5 Å². The van der Waals surface area contributed by atoms with Crippen LogP contribution in [0.15, 0.2) is 85.1 Å². The zero-order valence-corrected chi connectivity index (χ0v) is 23.0. The highest BCUT2D eigenvalue weighted by Gasteiger charge is 2.31. The minimum atomic E-state index is -4.71. The average Bonchev–Trinajstić information content (AvgIpc) is 3.25. The highest BCUT2D eigenvalue weighted by atomic mass is 32.2. The van der Waals surface area contributed by atoms with Crippen LogP contribution in [-0.4, -0.2) is 35.2 Å². The van der Waals surface area contributed by atoms with E-state index in [1.165, 1.54) is 18.3 Å². The SMILES string of the molecule is CS(=O)(=O)Nc1nc2ccc(Oc3ccc(NC(=O)Nc4cc(C(F)(F)F)ccc4F)nc3)cc2n1Cc1ccccc1. The van der Waals surface area contributed by atoms with Crippen molar-refractivity contribution in [3.8, 4) is 11.5 Å².